The van der Waals surface area contributed by atoms with Crippen molar-refractivity contribution in [3.05, 3.63) is 60.3 Å². The summed E-state index contributed by atoms with van der Waals surface area (Å²) < 4.78 is 1.77. The summed E-state index contributed by atoms with van der Waals surface area (Å²) in [4.78, 5) is 7.69. The quantitative estimate of drug-likeness (QED) is 0.760. The van der Waals surface area contributed by atoms with E-state index in [4.69, 9.17) is 5.73 Å². The number of rotatable bonds is 4. The highest BCUT2D eigenvalue weighted by Gasteiger charge is 2.10. The molecule has 3 rings (SSSR count). The Labute approximate surface area is 117 Å². The van der Waals surface area contributed by atoms with Gasteiger partial charge in [0.15, 0.2) is 0 Å². The minimum Gasteiger partial charge on any atom is -0.342 e. The van der Waals surface area contributed by atoms with E-state index in [1.54, 1.807) is 4.68 Å². The summed E-state index contributed by atoms with van der Waals surface area (Å²) >= 11 is 0. The van der Waals surface area contributed by atoms with E-state index in [2.05, 4.69) is 15.1 Å². The molecule has 0 fully saturated rings. The molecule has 5 heteroatoms. The molecule has 2 aromatic heterocycles. The summed E-state index contributed by atoms with van der Waals surface area (Å²) in [5, 5.41) is 4.15. The topological polar surface area (TPSA) is 72.5 Å². The lowest BCUT2D eigenvalue weighted by atomic mass is 10.0. The van der Waals surface area contributed by atoms with Crippen molar-refractivity contribution >= 4 is 0 Å². The number of H-pyrrole nitrogens is 1. The first kappa shape index (κ1) is 12.6. The smallest absolute Gasteiger partial charge is 0.108 e. The molecule has 0 saturated heterocycles. The Morgan fingerprint density at radius 3 is 2.75 bits per heavy atom. The van der Waals surface area contributed by atoms with Crippen molar-refractivity contribution in [3.63, 3.8) is 0 Å². The third-order valence-electron chi connectivity index (χ3n) is 3.29. The highest BCUT2D eigenvalue weighted by molar-refractivity contribution is 5.56. The fourth-order valence-electron chi connectivity index (χ4n) is 2.20. The predicted octanol–water partition coefficient (Wildman–Crippen LogP) is 2.05. The Kier molecular flexibility index (Phi) is 3.35. The van der Waals surface area contributed by atoms with Crippen molar-refractivity contribution < 1.29 is 0 Å². The summed E-state index contributed by atoms with van der Waals surface area (Å²) in [6, 6.07) is 10.0. The van der Waals surface area contributed by atoms with Crippen LogP contribution in [-0.4, -0.2) is 19.7 Å². The number of nitrogens with one attached hydrogen (secondary N) is 1. The molecule has 2 heterocycles. The lowest BCUT2D eigenvalue weighted by Crippen LogP contribution is -2.13. The molecule has 5 nitrogen and oxygen atoms in total. The predicted molar refractivity (Wildman–Crippen MR) is 77.9 cm³/mol. The molecule has 1 unspecified atom stereocenters. The molecule has 0 spiro atoms. The van der Waals surface area contributed by atoms with Gasteiger partial charge in [-0.05, 0) is 5.56 Å². The van der Waals surface area contributed by atoms with Crippen LogP contribution in [0.25, 0.3) is 11.3 Å². The van der Waals surface area contributed by atoms with E-state index in [1.807, 2.05) is 56.0 Å². The van der Waals surface area contributed by atoms with Crippen LogP contribution in [0.2, 0.25) is 0 Å². The van der Waals surface area contributed by atoms with Crippen LogP contribution in [0, 0.1) is 0 Å². The summed E-state index contributed by atoms with van der Waals surface area (Å²) in [6.45, 7) is 0. The summed E-state index contributed by atoms with van der Waals surface area (Å²) in [6.07, 6.45) is 6.27. The first-order valence-corrected chi connectivity index (χ1v) is 6.56. The van der Waals surface area contributed by atoms with Crippen LogP contribution in [-0.2, 0) is 13.5 Å². The number of nitrogens with two attached hydrogens (primary N) is 1. The van der Waals surface area contributed by atoms with Crippen molar-refractivity contribution in [3.8, 4) is 11.3 Å². The zero-order chi connectivity index (χ0) is 13.9. The number of aromatic amines is 1. The maximum absolute atomic E-state index is 6.20. The van der Waals surface area contributed by atoms with Crippen molar-refractivity contribution in [2.45, 2.75) is 12.5 Å². The summed E-state index contributed by atoms with van der Waals surface area (Å²) in [5.41, 5.74) is 9.31. The van der Waals surface area contributed by atoms with Crippen LogP contribution in [0.4, 0.5) is 0 Å². The Morgan fingerprint density at radius 1 is 1.25 bits per heavy atom. The van der Waals surface area contributed by atoms with E-state index in [-0.39, 0.29) is 6.04 Å². The van der Waals surface area contributed by atoms with Crippen LogP contribution < -0.4 is 5.73 Å². The molecule has 1 atom stereocenters. The van der Waals surface area contributed by atoms with Crippen molar-refractivity contribution in [1.29, 1.82) is 0 Å². The fraction of sp³-hybridized carbons (Fsp3) is 0.200. The fourth-order valence-corrected chi connectivity index (χ4v) is 2.20. The molecule has 3 aromatic rings. The number of aromatic nitrogens is 4. The van der Waals surface area contributed by atoms with Crippen LogP contribution in [0.5, 0.6) is 0 Å². The van der Waals surface area contributed by atoms with Gasteiger partial charge in [0, 0.05) is 31.3 Å². The molecule has 0 bridgehead atoms. The average Bonchev–Trinajstić information content (AvgIpc) is 3.09. The molecule has 102 valence electrons. The van der Waals surface area contributed by atoms with E-state index in [0.29, 0.717) is 6.42 Å². The number of benzene rings is 1. The Hall–Kier alpha value is -2.40. The molecule has 0 aliphatic rings. The van der Waals surface area contributed by atoms with E-state index in [0.717, 1.165) is 22.6 Å². The van der Waals surface area contributed by atoms with E-state index in [9.17, 15) is 0 Å². The summed E-state index contributed by atoms with van der Waals surface area (Å²) in [7, 11) is 1.89. The summed E-state index contributed by atoms with van der Waals surface area (Å²) in [5.74, 6) is 0.889. The van der Waals surface area contributed by atoms with E-state index in [1.165, 1.54) is 0 Å². The third kappa shape index (κ3) is 2.62. The average molecular weight is 267 g/mol. The number of imidazole rings is 1. The van der Waals surface area contributed by atoms with Crippen LogP contribution >= 0.6 is 0 Å². The Balaban J connectivity index is 1.74. The van der Waals surface area contributed by atoms with Gasteiger partial charge >= 0.3 is 0 Å². The van der Waals surface area contributed by atoms with Gasteiger partial charge in [-0.15, -0.1) is 0 Å². The standard InChI is InChI=1S/C15H17N5/c1-20-10-12(8-18-20)14-9-17-15(19-14)7-13(16)11-5-3-2-4-6-11/h2-6,8-10,13H,7,16H2,1H3,(H,17,19). The molecule has 20 heavy (non-hydrogen) atoms. The number of hydrogen-bond acceptors (Lipinski definition) is 3. The normalized spacial score (nSPS) is 12.5. The van der Waals surface area contributed by atoms with Crippen molar-refractivity contribution in [2.24, 2.45) is 12.8 Å². The molecule has 0 amide bonds. The van der Waals surface area contributed by atoms with Gasteiger partial charge in [0.05, 0.1) is 18.1 Å². The second-order valence-corrected chi connectivity index (χ2v) is 4.87. The first-order chi connectivity index (χ1) is 9.72. The lowest BCUT2D eigenvalue weighted by molar-refractivity contribution is 0.695. The van der Waals surface area contributed by atoms with E-state index >= 15 is 0 Å². The SMILES string of the molecule is Cn1cc(-c2cnc(CC(N)c3ccccc3)[nH]2)cn1. The van der Waals surface area contributed by atoms with Gasteiger partial charge in [-0.25, -0.2) is 4.98 Å². The molecular formula is C15H17N5. The second-order valence-electron chi connectivity index (χ2n) is 4.87. The van der Waals surface area contributed by atoms with Gasteiger partial charge in [0.2, 0.25) is 0 Å². The van der Waals surface area contributed by atoms with E-state index < -0.39 is 0 Å². The molecule has 0 saturated carbocycles. The maximum atomic E-state index is 6.20. The highest BCUT2D eigenvalue weighted by atomic mass is 15.2. The van der Waals surface area contributed by atoms with Crippen molar-refractivity contribution in [1.82, 2.24) is 19.7 Å². The molecule has 1 aromatic carbocycles. The van der Waals surface area contributed by atoms with Gasteiger partial charge < -0.3 is 10.7 Å². The van der Waals surface area contributed by atoms with Gasteiger partial charge in [-0.3, -0.25) is 4.68 Å². The number of hydrogen-bond donors (Lipinski definition) is 2. The van der Waals surface area contributed by atoms with Gasteiger partial charge in [-0.1, -0.05) is 30.3 Å². The Bertz CT molecular complexity index is 683. The largest absolute Gasteiger partial charge is 0.342 e. The lowest BCUT2D eigenvalue weighted by Gasteiger charge is -2.09. The van der Waals surface area contributed by atoms with Crippen LogP contribution in [0.15, 0.2) is 48.9 Å². The Morgan fingerprint density at radius 2 is 2.05 bits per heavy atom. The third-order valence-corrected chi connectivity index (χ3v) is 3.29. The zero-order valence-corrected chi connectivity index (χ0v) is 11.3. The number of nitrogens with zero attached hydrogens (tertiary/aromatic N) is 3. The van der Waals surface area contributed by atoms with Gasteiger partial charge in [0.25, 0.3) is 0 Å². The van der Waals surface area contributed by atoms with Crippen LogP contribution in [0.1, 0.15) is 17.4 Å². The minimum atomic E-state index is -0.0518. The van der Waals surface area contributed by atoms with Gasteiger partial charge in [0.1, 0.15) is 5.82 Å². The van der Waals surface area contributed by atoms with Gasteiger partial charge in [-0.2, -0.15) is 5.10 Å². The molecule has 0 radical (unpaired) electrons. The minimum absolute atomic E-state index is 0.0518. The first-order valence-electron chi connectivity index (χ1n) is 6.56. The molecule has 3 N–H and O–H groups in total. The van der Waals surface area contributed by atoms with Crippen LogP contribution in [0.3, 0.4) is 0 Å². The monoisotopic (exact) mass is 267 g/mol. The molecular weight excluding hydrogens is 250 g/mol. The highest BCUT2D eigenvalue weighted by Crippen LogP contribution is 2.18. The van der Waals surface area contributed by atoms with Crippen molar-refractivity contribution in [2.75, 3.05) is 0 Å². The zero-order valence-electron chi connectivity index (χ0n) is 11.3. The molecule has 0 aliphatic carbocycles. The maximum Gasteiger partial charge on any atom is 0.108 e. The second kappa shape index (κ2) is 5.30. The number of aryl methyl sites for hydroxylation is 1. The molecule has 0 aliphatic heterocycles.